The number of piperidine rings is 1. The second-order valence-electron chi connectivity index (χ2n) is 7.14. The van der Waals surface area contributed by atoms with E-state index in [4.69, 9.17) is 23.2 Å². The van der Waals surface area contributed by atoms with Gasteiger partial charge in [0.05, 0.1) is 5.69 Å². The molecule has 0 aliphatic carbocycles. The highest BCUT2D eigenvalue weighted by Crippen LogP contribution is 2.22. The molecule has 1 aliphatic heterocycles. The molecule has 5 nitrogen and oxygen atoms in total. The van der Waals surface area contributed by atoms with E-state index < -0.39 is 0 Å². The Morgan fingerprint density at radius 2 is 1.89 bits per heavy atom. The van der Waals surface area contributed by atoms with Crippen molar-refractivity contribution in [3.63, 3.8) is 0 Å². The van der Waals surface area contributed by atoms with Gasteiger partial charge in [-0.05, 0) is 57.1 Å². The second kappa shape index (κ2) is 9.20. The molecule has 3 rings (SSSR count). The second-order valence-corrected chi connectivity index (χ2v) is 7.94. The predicted octanol–water partition coefficient (Wildman–Crippen LogP) is 3.72. The Bertz CT molecular complexity index is 780. The van der Waals surface area contributed by atoms with Crippen LogP contribution in [0.3, 0.4) is 0 Å². The van der Waals surface area contributed by atoms with Gasteiger partial charge in [0.15, 0.2) is 5.78 Å². The largest absolute Gasteiger partial charge is 0.311 e. The molecule has 146 valence electrons. The summed E-state index contributed by atoms with van der Waals surface area (Å²) in [5, 5.41) is 9.14. The molecule has 0 spiro atoms. The van der Waals surface area contributed by atoms with Crippen molar-refractivity contribution in [2.75, 3.05) is 26.2 Å². The number of Topliss-reactive ketones (excluding diaryl/α,β-unsaturated/α-hetero) is 1. The summed E-state index contributed by atoms with van der Waals surface area (Å²) in [5.41, 5.74) is 2.80. The van der Waals surface area contributed by atoms with Crippen molar-refractivity contribution in [2.24, 2.45) is 13.0 Å². The molecule has 0 bridgehead atoms. The van der Waals surface area contributed by atoms with Crippen LogP contribution in [0, 0.1) is 12.8 Å². The zero-order chi connectivity index (χ0) is 19.4. The molecule has 27 heavy (non-hydrogen) atoms. The summed E-state index contributed by atoms with van der Waals surface area (Å²) in [4.78, 5) is 15.0. The molecule has 0 unspecified atom stereocenters. The van der Waals surface area contributed by atoms with E-state index in [0.717, 1.165) is 62.4 Å². The molecule has 0 radical (unpaired) electrons. The van der Waals surface area contributed by atoms with Crippen molar-refractivity contribution in [1.29, 1.82) is 0 Å². The number of aromatic nitrogens is 2. The number of ketones is 1. The maximum atomic E-state index is 12.6. The lowest BCUT2D eigenvalue weighted by Gasteiger charge is -2.31. The third-order valence-corrected chi connectivity index (χ3v) is 5.99. The summed E-state index contributed by atoms with van der Waals surface area (Å²) in [6.45, 7) is 6.48. The number of likely N-dealkylation sites (tertiary alicyclic amines) is 1. The van der Waals surface area contributed by atoms with Gasteiger partial charge in [0.1, 0.15) is 5.15 Å². The molecular weight excluding hydrogens is 383 g/mol. The van der Waals surface area contributed by atoms with Gasteiger partial charge in [0, 0.05) is 48.7 Å². The molecule has 0 atom stereocenters. The first-order valence-electron chi connectivity index (χ1n) is 9.36. The minimum absolute atomic E-state index is 0.118. The molecule has 1 saturated heterocycles. The van der Waals surface area contributed by atoms with Gasteiger partial charge in [-0.1, -0.05) is 23.2 Å². The third kappa shape index (κ3) is 5.11. The fourth-order valence-corrected chi connectivity index (χ4v) is 3.96. The summed E-state index contributed by atoms with van der Waals surface area (Å²) in [6.07, 6.45) is 1.82. The number of carbonyl (C=O) groups excluding carboxylic acids is 1. The van der Waals surface area contributed by atoms with Gasteiger partial charge in [-0.25, -0.2) is 0 Å². The van der Waals surface area contributed by atoms with Crippen LogP contribution < -0.4 is 5.32 Å². The van der Waals surface area contributed by atoms with Gasteiger partial charge in [0.25, 0.3) is 0 Å². The number of nitrogens with one attached hydrogen (secondary N) is 1. The number of benzene rings is 1. The van der Waals surface area contributed by atoms with Crippen LogP contribution in [-0.2, 0) is 13.6 Å². The van der Waals surface area contributed by atoms with Gasteiger partial charge in [-0.15, -0.1) is 0 Å². The van der Waals surface area contributed by atoms with Gasteiger partial charge in [-0.2, -0.15) is 5.10 Å². The smallest absolute Gasteiger partial charge is 0.166 e. The molecule has 1 aliphatic rings. The van der Waals surface area contributed by atoms with Crippen LogP contribution >= 0.6 is 23.2 Å². The number of nitrogens with zero attached hydrogens (tertiary/aromatic N) is 3. The van der Waals surface area contributed by atoms with E-state index in [1.807, 2.05) is 26.1 Å². The number of hydrogen-bond acceptors (Lipinski definition) is 4. The first-order valence-corrected chi connectivity index (χ1v) is 10.1. The maximum Gasteiger partial charge on any atom is 0.166 e. The van der Waals surface area contributed by atoms with Crippen molar-refractivity contribution in [3.05, 3.63) is 51.3 Å². The molecule has 1 N–H and O–H groups in total. The van der Waals surface area contributed by atoms with Gasteiger partial charge in [-0.3, -0.25) is 9.48 Å². The highest BCUT2D eigenvalue weighted by molar-refractivity contribution is 6.30. The van der Waals surface area contributed by atoms with Gasteiger partial charge < -0.3 is 10.2 Å². The fourth-order valence-electron chi connectivity index (χ4n) is 3.59. The van der Waals surface area contributed by atoms with Crippen molar-refractivity contribution < 1.29 is 4.79 Å². The first kappa shape index (κ1) is 20.3. The van der Waals surface area contributed by atoms with E-state index in [1.165, 1.54) is 0 Å². The first-order chi connectivity index (χ1) is 13.0. The zero-order valence-electron chi connectivity index (χ0n) is 15.8. The molecule has 2 heterocycles. The lowest BCUT2D eigenvalue weighted by molar-refractivity contribution is 0.0841. The van der Waals surface area contributed by atoms with E-state index in [1.54, 1.807) is 16.8 Å². The minimum Gasteiger partial charge on any atom is -0.311 e. The van der Waals surface area contributed by atoms with E-state index in [-0.39, 0.29) is 11.7 Å². The number of carbonyl (C=O) groups is 1. The van der Waals surface area contributed by atoms with Crippen molar-refractivity contribution in [1.82, 2.24) is 20.0 Å². The SMILES string of the molecule is Cc1nn(C)c(Cl)c1CNCCN1CCC(C(=O)c2ccc(Cl)cc2)CC1. The average molecular weight is 409 g/mol. The lowest BCUT2D eigenvalue weighted by Crippen LogP contribution is -2.39. The van der Waals surface area contributed by atoms with Crippen LogP contribution in [0.5, 0.6) is 0 Å². The topological polar surface area (TPSA) is 50.2 Å². The molecule has 1 aromatic carbocycles. The Morgan fingerprint density at radius 1 is 1.22 bits per heavy atom. The fraction of sp³-hybridized carbons (Fsp3) is 0.500. The molecule has 0 amide bonds. The van der Waals surface area contributed by atoms with Gasteiger partial charge in [0.2, 0.25) is 0 Å². The average Bonchev–Trinajstić information content (AvgIpc) is 2.91. The summed E-state index contributed by atoms with van der Waals surface area (Å²) in [5.74, 6) is 0.360. The lowest BCUT2D eigenvalue weighted by atomic mass is 9.89. The molecule has 1 fully saturated rings. The Kier molecular flexibility index (Phi) is 6.93. The highest BCUT2D eigenvalue weighted by Gasteiger charge is 2.25. The summed E-state index contributed by atoms with van der Waals surface area (Å²) >= 11 is 12.2. The monoisotopic (exact) mass is 408 g/mol. The van der Waals surface area contributed by atoms with Crippen LogP contribution in [0.25, 0.3) is 0 Å². The normalized spacial score (nSPS) is 16.0. The number of hydrogen-bond donors (Lipinski definition) is 1. The number of rotatable bonds is 7. The Morgan fingerprint density at radius 3 is 2.48 bits per heavy atom. The quantitative estimate of drug-likeness (QED) is 0.560. The molecule has 7 heteroatoms. The summed E-state index contributed by atoms with van der Waals surface area (Å²) in [7, 11) is 1.86. The van der Waals surface area contributed by atoms with E-state index in [0.29, 0.717) is 10.2 Å². The third-order valence-electron chi connectivity index (χ3n) is 5.26. The van der Waals surface area contributed by atoms with E-state index in [2.05, 4.69) is 15.3 Å². The van der Waals surface area contributed by atoms with Crippen LogP contribution in [-0.4, -0.2) is 46.6 Å². The van der Waals surface area contributed by atoms with Gasteiger partial charge >= 0.3 is 0 Å². The Labute approximate surface area is 170 Å². The van der Waals surface area contributed by atoms with Crippen molar-refractivity contribution in [2.45, 2.75) is 26.3 Å². The van der Waals surface area contributed by atoms with Crippen LogP contribution in [0.2, 0.25) is 10.2 Å². The van der Waals surface area contributed by atoms with E-state index >= 15 is 0 Å². The summed E-state index contributed by atoms with van der Waals surface area (Å²) in [6, 6.07) is 7.22. The summed E-state index contributed by atoms with van der Waals surface area (Å²) < 4.78 is 1.70. The standard InChI is InChI=1S/C20H26Cl2N4O/c1-14-18(20(22)25(2)24-14)13-23-9-12-26-10-7-16(8-11-26)19(27)15-3-5-17(21)6-4-15/h3-6,16,23H,7-13H2,1-2H3. The van der Waals surface area contributed by atoms with Crippen molar-refractivity contribution >= 4 is 29.0 Å². The number of aryl methyl sites for hydroxylation is 2. The molecule has 1 aromatic heterocycles. The van der Waals surface area contributed by atoms with E-state index in [9.17, 15) is 4.79 Å². The van der Waals surface area contributed by atoms with Crippen LogP contribution in [0.1, 0.15) is 34.5 Å². The zero-order valence-corrected chi connectivity index (χ0v) is 17.4. The highest BCUT2D eigenvalue weighted by atomic mass is 35.5. The predicted molar refractivity (Wildman–Crippen MR) is 110 cm³/mol. The van der Waals surface area contributed by atoms with Crippen molar-refractivity contribution in [3.8, 4) is 0 Å². The van der Waals surface area contributed by atoms with Crippen LogP contribution in [0.15, 0.2) is 24.3 Å². The molecule has 2 aromatic rings. The Hall–Kier alpha value is -1.40. The molecular formula is C20H26Cl2N4O. The Balaban J connectivity index is 1.39. The minimum atomic E-state index is 0.118. The van der Waals surface area contributed by atoms with Crippen LogP contribution in [0.4, 0.5) is 0 Å². The maximum absolute atomic E-state index is 12.6. The molecule has 0 saturated carbocycles. The number of halogens is 2.